The van der Waals surface area contributed by atoms with Crippen molar-refractivity contribution in [3.63, 3.8) is 0 Å². The van der Waals surface area contributed by atoms with Crippen LogP contribution < -0.4 is 10.6 Å². The van der Waals surface area contributed by atoms with Crippen LogP contribution in [-0.2, 0) is 18.3 Å². The predicted molar refractivity (Wildman–Crippen MR) is 70.2 cm³/mol. The van der Waals surface area contributed by atoms with E-state index in [9.17, 15) is 4.79 Å². The number of hydrogen-bond donors (Lipinski definition) is 2. The first-order chi connectivity index (χ1) is 8.72. The maximum Gasteiger partial charge on any atom is 0.233 e. The Morgan fingerprint density at radius 3 is 3.22 bits per heavy atom. The largest absolute Gasteiger partial charge is 0.355 e. The molecule has 0 fully saturated rings. The summed E-state index contributed by atoms with van der Waals surface area (Å²) in [6.07, 6.45) is 6.23. The van der Waals surface area contributed by atoms with Gasteiger partial charge in [-0.3, -0.25) is 9.48 Å². The number of carbonyl (C=O) groups is 1. The number of aromatic nitrogens is 2. The lowest BCUT2D eigenvalue weighted by atomic mass is 9.93. The highest BCUT2D eigenvalue weighted by Crippen LogP contribution is 2.28. The molecule has 18 heavy (non-hydrogen) atoms. The minimum atomic E-state index is 0.0767. The lowest BCUT2D eigenvalue weighted by Gasteiger charge is -2.23. The van der Waals surface area contributed by atoms with Crippen molar-refractivity contribution in [1.82, 2.24) is 20.4 Å². The molecule has 0 radical (unpaired) electrons. The van der Waals surface area contributed by atoms with Gasteiger partial charge in [-0.15, -0.1) is 0 Å². The van der Waals surface area contributed by atoms with Crippen LogP contribution in [0, 0.1) is 0 Å². The van der Waals surface area contributed by atoms with Gasteiger partial charge in [0.25, 0.3) is 0 Å². The van der Waals surface area contributed by atoms with Gasteiger partial charge in [0.2, 0.25) is 5.91 Å². The maximum absolute atomic E-state index is 11.6. The number of carbonyl (C=O) groups excluding carboxylic acids is 1. The van der Waals surface area contributed by atoms with Crippen LogP contribution in [0.5, 0.6) is 0 Å². The van der Waals surface area contributed by atoms with E-state index >= 15 is 0 Å². The molecule has 1 atom stereocenters. The lowest BCUT2D eigenvalue weighted by Crippen LogP contribution is -2.37. The molecular formula is C13H22N4O. The molecular weight excluding hydrogens is 228 g/mol. The summed E-state index contributed by atoms with van der Waals surface area (Å²) in [4.78, 5) is 11.6. The van der Waals surface area contributed by atoms with Crippen LogP contribution in [0.15, 0.2) is 6.20 Å². The molecule has 1 aromatic rings. The van der Waals surface area contributed by atoms with Crippen molar-refractivity contribution in [3.8, 4) is 0 Å². The Morgan fingerprint density at radius 1 is 1.61 bits per heavy atom. The van der Waals surface area contributed by atoms with Gasteiger partial charge < -0.3 is 10.6 Å². The van der Waals surface area contributed by atoms with E-state index in [4.69, 9.17) is 0 Å². The number of fused-ring (bicyclic) bond motifs is 1. The molecule has 1 amide bonds. The van der Waals surface area contributed by atoms with E-state index in [1.807, 2.05) is 17.9 Å². The molecule has 1 heterocycles. The average molecular weight is 250 g/mol. The zero-order valence-electron chi connectivity index (χ0n) is 11.2. The molecule has 0 bridgehead atoms. The van der Waals surface area contributed by atoms with E-state index in [-0.39, 0.29) is 11.9 Å². The SMILES string of the molecule is CCCNC(=O)CNC1CCCc2c1cnn2C. The van der Waals surface area contributed by atoms with Gasteiger partial charge in [-0.2, -0.15) is 5.10 Å². The second-order valence-electron chi connectivity index (χ2n) is 4.85. The number of nitrogens with one attached hydrogen (secondary N) is 2. The van der Waals surface area contributed by atoms with Crippen LogP contribution in [-0.4, -0.2) is 28.8 Å². The van der Waals surface area contributed by atoms with Crippen molar-refractivity contribution in [3.05, 3.63) is 17.5 Å². The highest BCUT2D eigenvalue weighted by atomic mass is 16.1. The molecule has 5 heteroatoms. The monoisotopic (exact) mass is 250 g/mol. The number of aryl methyl sites for hydroxylation is 1. The second-order valence-corrected chi connectivity index (χ2v) is 4.85. The van der Waals surface area contributed by atoms with E-state index in [1.54, 1.807) is 0 Å². The minimum Gasteiger partial charge on any atom is -0.355 e. The van der Waals surface area contributed by atoms with E-state index in [2.05, 4.69) is 22.7 Å². The summed E-state index contributed by atoms with van der Waals surface area (Å²) in [6.45, 7) is 3.19. The Balaban J connectivity index is 1.89. The summed E-state index contributed by atoms with van der Waals surface area (Å²) >= 11 is 0. The zero-order chi connectivity index (χ0) is 13.0. The van der Waals surface area contributed by atoms with Crippen molar-refractivity contribution < 1.29 is 4.79 Å². The Morgan fingerprint density at radius 2 is 2.44 bits per heavy atom. The van der Waals surface area contributed by atoms with Gasteiger partial charge in [-0.25, -0.2) is 0 Å². The topological polar surface area (TPSA) is 59.0 Å². The van der Waals surface area contributed by atoms with Crippen LogP contribution in [0.2, 0.25) is 0 Å². The van der Waals surface area contributed by atoms with Gasteiger partial charge in [0, 0.05) is 30.9 Å². The van der Waals surface area contributed by atoms with Crippen molar-refractivity contribution >= 4 is 5.91 Å². The first kappa shape index (κ1) is 13.1. The fourth-order valence-electron chi connectivity index (χ4n) is 2.46. The highest BCUT2D eigenvalue weighted by molar-refractivity contribution is 5.78. The highest BCUT2D eigenvalue weighted by Gasteiger charge is 2.23. The normalized spacial score (nSPS) is 18.4. The van der Waals surface area contributed by atoms with E-state index < -0.39 is 0 Å². The average Bonchev–Trinajstić information content (AvgIpc) is 2.76. The molecule has 0 aromatic carbocycles. The van der Waals surface area contributed by atoms with Crippen LogP contribution >= 0.6 is 0 Å². The predicted octanol–water partition coefficient (Wildman–Crippen LogP) is 0.913. The van der Waals surface area contributed by atoms with Gasteiger partial charge >= 0.3 is 0 Å². The molecule has 1 aliphatic carbocycles. The van der Waals surface area contributed by atoms with Gasteiger partial charge in [-0.05, 0) is 25.7 Å². The third-order valence-corrected chi connectivity index (χ3v) is 3.46. The van der Waals surface area contributed by atoms with Gasteiger partial charge in [0.15, 0.2) is 0 Å². The molecule has 0 spiro atoms. The van der Waals surface area contributed by atoms with Gasteiger partial charge in [-0.1, -0.05) is 6.92 Å². The summed E-state index contributed by atoms with van der Waals surface area (Å²) < 4.78 is 1.94. The van der Waals surface area contributed by atoms with E-state index in [0.717, 1.165) is 32.2 Å². The Bertz CT molecular complexity index is 413. The standard InChI is InChI=1S/C13H22N4O/c1-3-7-14-13(18)9-15-11-5-4-6-12-10(11)8-16-17(12)2/h8,11,15H,3-7,9H2,1-2H3,(H,14,18). The molecule has 1 aliphatic rings. The van der Waals surface area contributed by atoms with Crippen LogP contribution in [0.1, 0.15) is 43.5 Å². The number of hydrogen-bond acceptors (Lipinski definition) is 3. The molecule has 100 valence electrons. The van der Waals surface area contributed by atoms with Crippen molar-refractivity contribution in [2.24, 2.45) is 7.05 Å². The van der Waals surface area contributed by atoms with Crippen LogP contribution in [0.4, 0.5) is 0 Å². The zero-order valence-corrected chi connectivity index (χ0v) is 11.2. The quantitative estimate of drug-likeness (QED) is 0.817. The third kappa shape index (κ3) is 2.90. The molecule has 0 saturated carbocycles. The van der Waals surface area contributed by atoms with Gasteiger partial charge in [0.1, 0.15) is 0 Å². The van der Waals surface area contributed by atoms with Crippen molar-refractivity contribution in [1.29, 1.82) is 0 Å². The molecule has 0 saturated heterocycles. The Kier molecular flexibility index (Phi) is 4.36. The number of amides is 1. The van der Waals surface area contributed by atoms with E-state index in [0.29, 0.717) is 6.54 Å². The maximum atomic E-state index is 11.6. The van der Waals surface area contributed by atoms with Crippen LogP contribution in [0.3, 0.4) is 0 Å². The summed E-state index contributed by atoms with van der Waals surface area (Å²) in [5, 5.41) is 10.5. The molecule has 5 nitrogen and oxygen atoms in total. The molecule has 2 rings (SSSR count). The first-order valence-corrected chi connectivity index (χ1v) is 6.73. The minimum absolute atomic E-state index is 0.0767. The summed E-state index contributed by atoms with van der Waals surface area (Å²) in [5.41, 5.74) is 2.56. The fourth-order valence-corrected chi connectivity index (χ4v) is 2.46. The molecule has 0 aliphatic heterocycles. The van der Waals surface area contributed by atoms with E-state index in [1.165, 1.54) is 11.3 Å². The third-order valence-electron chi connectivity index (χ3n) is 3.46. The smallest absolute Gasteiger partial charge is 0.233 e. The lowest BCUT2D eigenvalue weighted by molar-refractivity contribution is -0.120. The molecule has 1 unspecified atom stereocenters. The summed E-state index contributed by atoms with van der Waals surface area (Å²) in [6, 6.07) is 0.273. The second kappa shape index (κ2) is 6.00. The molecule has 1 aromatic heterocycles. The Hall–Kier alpha value is -1.36. The van der Waals surface area contributed by atoms with Crippen LogP contribution in [0.25, 0.3) is 0 Å². The van der Waals surface area contributed by atoms with Gasteiger partial charge in [0.05, 0.1) is 12.7 Å². The van der Waals surface area contributed by atoms with Crippen molar-refractivity contribution in [2.75, 3.05) is 13.1 Å². The summed E-state index contributed by atoms with van der Waals surface area (Å²) in [7, 11) is 1.98. The molecule has 2 N–H and O–H groups in total. The fraction of sp³-hybridized carbons (Fsp3) is 0.692. The summed E-state index contributed by atoms with van der Waals surface area (Å²) in [5.74, 6) is 0.0767. The first-order valence-electron chi connectivity index (χ1n) is 6.73. The number of rotatable bonds is 5. The Labute approximate surface area is 108 Å². The number of nitrogens with zero attached hydrogens (tertiary/aromatic N) is 2. The van der Waals surface area contributed by atoms with Crippen molar-refractivity contribution in [2.45, 2.75) is 38.6 Å².